The highest BCUT2D eigenvalue weighted by Gasteiger charge is 2.27. The lowest BCUT2D eigenvalue weighted by molar-refractivity contribution is 0.0915. The molecule has 1 atom stereocenters. The molecule has 4 N–H and O–H groups in total. The lowest BCUT2D eigenvalue weighted by atomic mass is 9.94. The Morgan fingerprint density at radius 3 is 2.37 bits per heavy atom. The summed E-state index contributed by atoms with van der Waals surface area (Å²) >= 11 is 1.11. The molecule has 0 aliphatic carbocycles. The summed E-state index contributed by atoms with van der Waals surface area (Å²) in [4.78, 5) is 40.2. The Morgan fingerprint density at radius 2 is 1.73 bits per heavy atom. The van der Waals surface area contributed by atoms with E-state index in [2.05, 4.69) is 15.7 Å². The summed E-state index contributed by atoms with van der Waals surface area (Å²) in [5.41, 5.74) is 7.90. The summed E-state index contributed by atoms with van der Waals surface area (Å²) in [5.74, 6) is -0.284. The molecule has 1 unspecified atom stereocenters. The van der Waals surface area contributed by atoms with Crippen LogP contribution in [0.1, 0.15) is 84.7 Å². The number of carbonyl (C=O) groups is 3. The smallest absolute Gasteiger partial charge is 0.436 e. The van der Waals surface area contributed by atoms with Gasteiger partial charge in [-0.25, -0.2) is 4.79 Å². The van der Waals surface area contributed by atoms with Crippen LogP contribution in [-0.4, -0.2) is 34.3 Å². The molecule has 0 aliphatic heterocycles. The van der Waals surface area contributed by atoms with Gasteiger partial charge in [-0.05, 0) is 55.5 Å². The van der Waals surface area contributed by atoms with Gasteiger partial charge in [-0.1, -0.05) is 69.7 Å². The standard InChI is InChI=1S/C31H37N5O4S/c1-6-7-17-40-30(39)36-29-23(18-24(41-29)28(38)34-31(4,5)22-11-9-8-10-12-22)26(35-36)33-27(37)21-15-13-20(14-16-21)25(32)19(2)3/h8-16,18-19,25H,6-7,17,32H2,1-5H3,(H,34,38)(H,33,35,37). The fourth-order valence-corrected chi connectivity index (χ4v) is 5.29. The quantitative estimate of drug-likeness (QED) is 0.186. The number of nitrogens with zero attached hydrogens (tertiary/aromatic N) is 2. The number of thiophene rings is 1. The summed E-state index contributed by atoms with van der Waals surface area (Å²) in [6, 6.07) is 18.2. The van der Waals surface area contributed by atoms with E-state index in [9.17, 15) is 14.4 Å². The molecule has 216 valence electrons. The fourth-order valence-electron chi connectivity index (χ4n) is 4.29. The second-order valence-corrected chi connectivity index (χ2v) is 11.9. The average molecular weight is 576 g/mol. The predicted molar refractivity (Wildman–Crippen MR) is 162 cm³/mol. The number of rotatable bonds is 10. The maximum atomic E-state index is 13.3. The Kier molecular flexibility index (Phi) is 9.25. The maximum absolute atomic E-state index is 13.3. The molecule has 10 heteroatoms. The summed E-state index contributed by atoms with van der Waals surface area (Å²) in [5, 5.41) is 10.7. The van der Waals surface area contributed by atoms with Gasteiger partial charge in [0.15, 0.2) is 5.82 Å². The van der Waals surface area contributed by atoms with Crippen molar-refractivity contribution in [2.75, 3.05) is 11.9 Å². The largest absolute Gasteiger partial charge is 0.448 e. The van der Waals surface area contributed by atoms with Crippen LogP contribution in [0.2, 0.25) is 0 Å². The van der Waals surface area contributed by atoms with E-state index in [1.54, 1.807) is 18.2 Å². The zero-order chi connectivity index (χ0) is 29.7. The van der Waals surface area contributed by atoms with E-state index in [1.807, 2.05) is 77.1 Å². The van der Waals surface area contributed by atoms with Crippen LogP contribution in [0.5, 0.6) is 0 Å². The molecule has 4 rings (SSSR count). The van der Waals surface area contributed by atoms with E-state index in [-0.39, 0.29) is 30.3 Å². The van der Waals surface area contributed by atoms with Crippen molar-refractivity contribution in [1.29, 1.82) is 0 Å². The van der Waals surface area contributed by atoms with Crippen molar-refractivity contribution in [3.05, 3.63) is 82.2 Å². The van der Waals surface area contributed by atoms with Crippen LogP contribution in [0.4, 0.5) is 10.6 Å². The molecule has 2 amide bonds. The molecule has 2 aromatic carbocycles. The van der Waals surface area contributed by atoms with Crippen LogP contribution in [0.25, 0.3) is 10.2 Å². The number of unbranched alkanes of at least 4 members (excludes halogenated alkanes) is 1. The fraction of sp³-hybridized carbons (Fsp3) is 0.355. The molecule has 0 aliphatic rings. The molecule has 2 heterocycles. The average Bonchev–Trinajstić information content (AvgIpc) is 3.53. The topological polar surface area (TPSA) is 128 Å². The van der Waals surface area contributed by atoms with Gasteiger partial charge < -0.3 is 21.1 Å². The molecule has 9 nitrogen and oxygen atoms in total. The Bertz CT molecular complexity index is 1520. The molecule has 0 saturated carbocycles. The number of amides is 2. The molecule has 0 bridgehead atoms. The van der Waals surface area contributed by atoms with Gasteiger partial charge in [0, 0.05) is 11.6 Å². The Morgan fingerprint density at radius 1 is 1.05 bits per heavy atom. The number of hydrogen-bond acceptors (Lipinski definition) is 7. The van der Waals surface area contributed by atoms with Gasteiger partial charge in [0.1, 0.15) is 4.83 Å². The van der Waals surface area contributed by atoms with Crippen molar-refractivity contribution >= 4 is 45.3 Å². The second-order valence-electron chi connectivity index (χ2n) is 10.8. The summed E-state index contributed by atoms with van der Waals surface area (Å²) < 4.78 is 6.49. The zero-order valence-electron chi connectivity index (χ0n) is 24.1. The first-order valence-corrected chi connectivity index (χ1v) is 14.6. The van der Waals surface area contributed by atoms with Crippen molar-refractivity contribution < 1.29 is 19.1 Å². The van der Waals surface area contributed by atoms with Crippen LogP contribution in [-0.2, 0) is 10.3 Å². The van der Waals surface area contributed by atoms with Gasteiger partial charge in [-0.3, -0.25) is 9.59 Å². The van der Waals surface area contributed by atoms with E-state index < -0.39 is 17.5 Å². The van der Waals surface area contributed by atoms with Crippen molar-refractivity contribution in [2.24, 2.45) is 11.7 Å². The maximum Gasteiger partial charge on any atom is 0.436 e. The molecule has 0 saturated heterocycles. The minimum Gasteiger partial charge on any atom is -0.448 e. The van der Waals surface area contributed by atoms with E-state index in [4.69, 9.17) is 10.5 Å². The molecular formula is C31H37N5O4S. The van der Waals surface area contributed by atoms with Crippen LogP contribution in [0.15, 0.2) is 60.7 Å². The third-order valence-electron chi connectivity index (χ3n) is 6.91. The van der Waals surface area contributed by atoms with Gasteiger partial charge in [0.05, 0.1) is 22.4 Å². The highest BCUT2D eigenvalue weighted by molar-refractivity contribution is 7.20. The molecule has 0 spiro atoms. The van der Waals surface area contributed by atoms with Crippen molar-refractivity contribution in [1.82, 2.24) is 15.1 Å². The first kappa shape index (κ1) is 30.0. The Balaban J connectivity index is 1.63. The van der Waals surface area contributed by atoms with E-state index in [1.165, 1.54) is 0 Å². The number of hydrogen-bond donors (Lipinski definition) is 3. The number of ether oxygens (including phenoxy) is 1. The molecule has 0 radical (unpaired) electrons. The van der Waals surface area contributed by atoms with Gasteiger partial charge in [-0.15, -0.1) is 16.4 Å². The molecule has 41 heavy (non-hydrogen) atoms. The summed E-state index contributed by atoms with van der Waals surface area (Å²) in [7, 11) is 0. The van der Waals surface area contributed by atoms with Gasteiger partial charge in [0.25, 0.3) is 11.8 Å². The third kappa shape index (κ3) is 6.83. The number of nitrogens with one attached hydrogen (secondary N) is 2. The van der Waals surface area contributed by atoms with Crippen LogP contribution >= 0.6 is 11.3 Å². The highest BCUT2D eigenvalue weighted by atomic mass is 32.1. The lowest BCUT2D eigenvalue weighted by Crippen LogP contribution is -2.40. The number of carbonyl (C=O) groups excluding carboxylic acids is 3. The van der Waals surface area contributed by atoms with E-state index in [0.717, 1.165) is 33.6 Å². The van der Waals surface area contributed by atoms with Crippen molar-refractivity contribution in [3.63, 3.8) is 0 Å². The van der Waals surface area contributed by atoms with Crippen LogP contribution in [0.3, 0.4) is 0 Å². The third-order valence-corrected chi connectivity index (χ3v) is 8.02. The number of nitrogens with two attached hydrogens (primary N) is 1. The normalized spacial score (nSPS) is 12.4. The van der Waals surface area contributed by atoms with Gasteiger partial charge in [-0.2, -0.15) is 4.68 Å². The number of fused-ring (bicyclic) bond motifs is 1. The lowest BCUT2D eigenvalue weighted by Gasteiger charge is -2.26. The Labute approximate surface area is 244 Å². The van der Waals surface area contributed by atoms with Crippen molar-refractivity contribution in [3.8, 4) is 0 Å². The monoisotopic (exact) mass is 575 g/mol. The Hall–Kier alpha value is -4.02. The first-order valence-electron chi connectivity index (χ1n) is 13.8. The first-order chi connectivity index (χ1) is 19.5. The number of benzene rings is 2. The number of aromatic nitrogens is 2. The number of anilines is 1. The highest BCUT2D eigenvalue weighted by Crippen LogP contribution is 2.33. The minimum absolute atomic E-state index is 0.136. The van der Waals surface area contributed by atoms with Gasteiger partial charge in [0.2, 0.25) is 0 Å². The van der Waals surface area contributed by atoms with E-state index >= 15 is 0 Å². The predicted octanol–water partition coefficient (Wildman–Crippen LogP) is 6.46. The SMILES string of the molecule is CCCCOC(=O)n1nc(NC(=O)c2ccc(C(N)C(C)C)cc2)c2cc(C(=O)NC(C)(C)c3ccccc3)sc21. The molecule has 4 aromatic rings. The van der Waals surface area contributed by atoms with E-state index in [0.29, 0.717) is 27.1 Å². The zero-order valence-corrected chi connectivity index (χ0v) is 24.9. The minimum atomic E-state index is -0.672. The van der Waals surface area contributed by atoms with Gasteiger partial charge >= 0.3 is 6.09 Å². The second kappa shape index (κ2) is 12.7. The molecule has 2 aromatic heterocycles. The van der Waals surface area contributed by atoms with Crippen LogP contribution in [0, 0.1) is 5.92 Å². The molecular weight excluding hydrogens is 538 g/mol. The molecule has 0 fully saturated rings. The summed E-state index contributed by atoms with van der Waals surface area (Å²) in [6.45, 7) is 10.2. The van der Waals surface area contributed by atoms with Crippen molar-refractivity contribution in [2.45, 2.75) is 59.0 Å². The summed E-state index contributed by atoms with van der Waals surface area (Å²) in [6.07, 6.45) is 0.905. The van der Waals surface area contributed by atoms with Crippen LogP contribution < -0.4 is 16.4 Å².